The zero-order valence-electron chi connectivity index (χ0n) is 21.2. The Kier molecular flexibility index (Phi) is 6.49. The quantitative estimate of drug-likeness (QED) is 0.361. The first-order valence-corrected chi connectivity index (χ1v) is 12.7. The second kappa shape index (κ2) is 10.3. The first kappa shape index (κ1) is 24.7. The second-order valence-corrected chi connectivity index (χ2v) is 9.62. The molecule has 6 rings (SSSR count). The van der Waals surface area contributed by atoms with Gasteiger partial charge in [0, 0.05) is 31.7 Å². The van der Waals surface area contributed by atoms with Crippen molar-refractivity contribution < 1.29 is 13.6 Å². The number of carbonyl (C=O) groups is 1. The molecule has 4 heterocycles. The van der Waals surface area contributed by atoms with Gasteiger partial charge in [0.1, 0.15) is 11.9 Å². The van der Waals surface area contributed by atoms with Crippen molar-refractivity contribution in [3.05, 3.63) is 111 Å². The number of H-pyrrole nitrogens is 1. The molecule has 1 saturated heterocycles. The van der Waals surface area contributed by atoms with Crippen molar-refractivity contribution in [1.82, 2.24) is 35.0 Å². The largest absolute Gasteiger partial charge is 0.459 e. The fourth-order valence-corrected chi connectivity index (χ4v) is 5.12. The Bertz CT molecular complexity index is 1670. The van der Waals surface area contributed by atoms with E-state index in [4.69, 9.17) is 4.42 Å². The van der Waals surface area contributed by atoms with Gasteiger partial charge in [-0.05, 0) is 64.2 Å². The molecular weight excluding hydrogens is 501 g/mol. The number of fused-ring (bicyclic) bond motifs is 1. The molecule has 1 fully saturated rings. The number of benzene rings is 2. The van der Waals surface area contributed by atoms with Crippen LogP contribution in [-0.2, 0) is 6.54 Å². The number of para-hydroxylation sites is 1. The molecule has 0 spiro atoms. The van der Waals surface area contributed by atoms with Crippen LogP contribution in [0.3, 0.4) is 0 Å². The van der Waals surface area contributed by atoms with Gasteiger partial charge >= 0.3 is 0 Å². The third kappa shape index (κ3) is 4.84. The number of carbonyl (C=O) groups excluding carboxylic acids is 1. The Morgan fingerprint density at radius 1 is 1.08 bits per heavy atom. The minimum atomic E-state index is -0.574. The summed E-state index contributed by atoms with van der Waals surface area (Å²) in [5, 5.41) is 13.4. The van der Waals surface area contributed by atoms with Crippen LogP contribution < -0.4 is 5.56 Å². The van der Waals surface area contributed by atoms with Gasteiger partial charge < -0.3 is 14.3 Å². The lowest BCUT2D eigenvalue weighted by Gasteiger charge is -2.38. The highest BCUT2D eigenvalue weighted by Gasteiger charge is 2.34. The zero-order chi connectivity index (χ0) is 26.9. The van der Waals surface area contributed by atoms with Crippen molar-refractivity contribution in [3.8, 4) is 0 Å². The Morgan fingerprint density at radius 3 is 2.62 bits per heavy atom. The summed E-state index contributed by atoms with van der Waals surface area (Å²) in [4.78, 5) is 33.3. The Morgan fingerprint density at radius 2 is 1.87 bits per heavy atom. The Balaban J connectivity index is 1.37. The molecule has 1 atom stereocenters. The summed E-state index contributed by atoms with van der Waals surface area (Å²) in [7, 11) is 0. The summed E-state index contributed by atoms with van der Waals surface area (Å²) < 4.78 is 20.4. The molecule has 1 aliphatic heterocycles. The van der Waals surface area contributed by atoms with E-state index >= 15 is 0 Å². The number of pyridine rings is 1. The average Bonchev–Trinajstić information content (AvgIpc) is 3.64. The van der Waals surface area contributed by atoms with Gasteiger partial charge in [-0.25, -0.2) is 9.07 Å². The molecule has 10 nitrogen and oxygen atoms in total. The Hall–Kier alpha value is -4.64. The van der Waals surface area contributed by atoms with Crippen LogP contribution in [0.15, 0.2) is 76.1 Å². The molecule has 0 bridgehead atoms. The molecular formula is C28H26FN7O3. The van der Waals surface area contributed by atoms with E-state index in [0.29, 0.717) is 49.9 Å². The van der Waals surface area contributed by atoms with Crippen LogP contribution in [0.2, 0.25) is 0 Å². The van der Waals surface area contributed by atoms with E-state index in [1.165, 1.54) is 18.4 Å². The highest BCUT2D eigenvalue weighted by Crippen LogP contribution is 2.29. The van der Waals surface area contributed by atoms with Crippen molar-refractivity contribution in [1.29, 1.82) is 0 Å². The SMILES string of the molecule is Cc1cccc2cc(C(c3nnnn3Cc3ccc(F)cc3)N3CCN(C(=O)c4ccco4)CC3)c(=O)[nH]c12. The first-order valence-electron chi connectivity index (χ1n) is 12.7. The van der Waals surface area contributed by atoms with Gasteiger partial charge in [-0.15, -0.1) is 5.10 Å². The lowest BCUT2D eigenvalue weighted by molar-refractivity contribution is 0.0558. The monoisotopic (exact) mass is 527 g/mol. The van der Waals surface area contributed by atoms with E-state index in [9.17, 15) is 14.0 Å². The molecule has 0 radical (unpaired) electrons. The molecule has 198 valence electrons. The topological polar surface area (TPSA) is 113 Å². The van der Waals surface area contributed by atoms with Gasteiger partial charge in [-0.3, -0.25) is 14.5 Å². The molecule has 5 aromatic rings. The van der Waals surface area contributed by atoms with Crippen molar-refractivity contribution in [2.24, 2.45) is 0 Å². The van der Waals surface area contributed by atoms with Gasteiger partial charge in [0.15, 0.2) is 11.6 Å². The molecule has 1 unspecified atom stereocenters. The number of tetrazole rings is 1. The lowest BCUT2D eigenvalue weighted by atomic mass is 10.0. The third-order valence-corrected chi connectivity index (χ3v) is 7.16. The standard InChI is InChI=1S/C28H26FN7O3/c1-18-4-2-5-20-16-22(27(37)30-24(18)20)25(26-31-32-33-36(26)17-19-7-9-21(29)10-8-19)34-11-13-35(14-12-34)28(38)23-6-3-15-39-23/h2-10,15-16,25H,11-14,17H2,1H3,(H,30,37). The minimum absolute atomic E-state index is 0.170. The fraction of sp³-hybridized carbons (Fsp3) is 0.250. The average molecular weight is 528 g/mol. The number of aryl methyl sites for hydroxylation is 1. The highest BCUT2D eigenvalue weighted by molar-refractivity contribution is 5.91. The summed E-state index contributed by atoms with van der Waals surface area (Å²) in [6.45, 7) is 4.13. The number of nitrogens with zero attached hydrogens (tertiary/aromatic N) is 6. The molecule has 1 aliphatic rings. The van der Waals surface area contributed by atoms with E-state index in [1.807, 2.05) is 31.2 Å². The van der Waals surface area contributed by atoms with E-state index in [-0.39, 0.29) is 17.3 Å². The number of amides is 1. The van der Waals surface area contributed by atoms with Crippen molar-refractivity contribution in [3.63, 3.8) is 0 Å². The number of aromatic amines is 1. The molecule has 0 saturated carbocycles. The van der Waals surface area contributed by atoms with Crippen molar-refractivity contribution in [2.45, 2.75) is 19.5 Å². The number of nitrogens with one attached hydrogen (secondary N) is 1. The van der Waals surface area contributed by atoms with Gasteiger partial charge in [0.2, 0.25) is 0 Å². The van der Waals surface area contributed by atoms with Gasteiger partial charge in [-0.2, -0.15) is 0 Å². The van der Waals surface area contributed by atoms with Crippen LogP contribution >= 0.6 is 0 Å². The third-order valence-electron chi connectivity index (χ3n) is 7.16. The van der Waals surface area contributed by atoms with Crippen LogP contribution in [0, 0.1) is 12.7 Å². The summed E-state index contributed by atoms with van der Waals surface area (Å²) >= 11 is 0. The maximum absolute atomic E-state index is 13.5. The molecule has 2 aromatic carbocycles. The van der Waals surface area contributed by atoms with Crippen LogP contribution in [0.1, 0.15) is 39.1 Å². The summed E-state index contributed by atoms with van der Waals surface area (Å²) in [5.41, 5.74) is 2.85. The fourth-order valence-electron chi connectivity index (χ4n) is 5.12. The van der Waals surface area contributed by atoms with Gasteiger partial charge in [0.05, 0.1) is 18.3 Å². The van der Waals surface area contributed by atoms with Gasteiger partial charge in [0.25, 0.3) is 11.5 Å². The van der Waals surface area contributed by atoms with Crippen LogP contribution in [0.25, 0.3) is 10.9 Å². The highest BCUT2D eigenvalue weighted by atomic mass is 19.1. The van der Waals surface area contributed by atoms with E-state index < -0.39 is 6.04 Å². The predicted molar refractivity (Wildman–Crippen MR) is 141 cm³/mol. The second-order valence-electron chi connectivity index (χ2n) is 9.62. The smallest absolute Gasteiger partial charge is 0.289 e. The van der Waals surface area contributed by atoms with E-state index in [0.717, 1.165) is 22.0 Å². The predicted octanol–water partition coefficient (Wildman–Crippen LogP) is 3.15. The number of halogens is 1. The lowest BCUT2D eigenvalue weighted by Crippen LogP contribution is -2.50. The van der Waals surface area contributed by atoms with Crippen molar-refractivity contribution >= 4 is 16.8 Å². The van der Waals surface area contributed by atoms with E-state index in [2.05, 4.69) is 25.4 Å². The number of hydrogen-bond donors (Lipinski definition) is 1. The summed E-state index contributed by atoms with van der Waals surface area (Å²) in [6.07, 6.45) is 1.48. The molecule has 39 heavy (non-hydrogen) atoms. The number of rotatable bonds is 6. The number of furan rings is 1. The molecule has 1 N–H and O–H groups in total. The van der Waals surface area contributed by atoms with Gasteiger partial charge in [-0.1, -0.05) is 30.3 Å². The summed E-state index contributed by atoms with van der Waals surface area (Å²) in [5.74, 6) is 0.289. The number of hydrogen-bond acceptors (Lipinski definition) is 7. The Labute approximate surface area is 222 Å². The number of aromatic nitrogens is 5. The molecule has 3 aromatic heterocycles. The molecule has 1 amide bonds. The van der Waals surface area contributed by atoms with Crippen LogP contribution in [0.5, 0.6) is 0 Å². The number of piperazine rings is 1. The summed E-state index contributed by atoms with van der Waals surface area (Å²) in [6, 6.07) is 16.7. The maximum atomic E-state index is 13.5. The molecule has 0 aliphatic carbocycles. The maximum Gasteiger partial charge on any atom is 0.289 e. The zero-order valence-corrected chi connectivity index (χ0v) is 21.2. The van der Waals surface area contributed by atoms with Crippen LogP contribution in [-0.4, -0.2) is 67.1 Å². The first-order chi connectivity index (χ1) is 19.0. The normalized spacial score (nSPS) is 15.1. The minimum Gasteiger partial charge on any atom is -0.459 e. The molecule has 11 heteroatoms. The van der Waals surface area contributed by atoms with Crippen molar-refractivity contribution in [2.75, 3.05) is 26.2 Å². The van der Waals surface area contributed by atoms with Crippen LogP contribution in [0.4, 0.5) is 4.39 Å². The van der Waals surface area contributed by atoms with E-state index in [1.54, 1.807) is 33.8 Å².